The number of allylic oxidation sites excluding steroid dienone is 4. The third-order valence-electron chi connectivity index (χ3n) is 3.76. The van der Waals surface area contributed by atoms with Crippen LogP contribution in [0.5, 0.6) is 0 Å². The van der Waals surface area contributed by atoms with Crippen molar-refractivity contribution in [2.75, 3.05) is 6.61 Å². The van der Waals surface area contributed by atoms with Gasteiger partial charge in [0.2, 0.25) is 0 Å². The molecule has 4 aliphatic heterocycles. The second-order valence-electron chi connectivity index (χ2n) is 5.53. The van der Waals surface area contributed by atoms with Gasteiger partial charge in [-0.1, -0.05) is 23.3 Å². The van der Waals surface area contributed by atoms with Gasteiger partial charge in [0, 0.05) is 11.6 Å². The van der Waals surface area contributed by atoms with Crippen molar-refractivity contribution in [1.29, 1.82) is 0 Å². The third kappa shape index (κ3) is 2.41. The summed E-state index contributed by atoms with van der Waals surface area (Å²) >= 11 is 0. The molecule has 0 radical (unpaired) electrons. The minimum Gasteiger partial charge on any atom is -0.340 e. The molecule has 4 nitrogen and oxygen atoms in total. The second-order valence-corrected chi connectivity index (χ2v) is 5.53. The number of fused-ring (bicyclic) bond motifs is 6. The van der Waals surface area contributed by atoms with Gasteiger partial charge in [-0.3, -0.25) is 9.47 Å². The normalized spacial score (nSPS) is 47.2. The van der Waals surface area contributed by atoms with Gasteiger partial charge in [-0.15, -0.1) is 0 Å². The van der Waals surface area contributed by atoms with Gasteiger partial charge in [0.05, 0.1) is 6.61 Å². The summed E-state index contributed by atoms with van der Waals surface area (Å²) in [5, 5.41) is 10.1. The third-order valence-corrected chi connectivity index (χ3v) is 3.76. The molecule has 0 saturated carbocycles. The Morgan fingerprint density at radius 1 is 1.05 bits per heavy atom. The maximum atomic E-state index is 10.1. The van der Waals surface area contributed by atoms with E-state index in [0.717, 1.165) is 36.8 Å². The van der Waals surface area contributed by atoms with E-state index in [9.17, 15) is 5.11 Å². The quantitative estimate of drug-likeness (QED) is 0.683. The molecule has 19 heavy (non-hydrogen) atoms. The van der Waals surface area contributed by atoms with Crippen molar-refractivity contribution < 1.29 is 19.3 Å². The van der Waals surface area contributed by atoms with Gasteiger partial charge in [-0.2, -0.15) is 0 Å². The minimum absolute atomic E-state index is 0.515. The SMILES string of the molecule is C/C1=C/CC/C(C)=C\C2(O)OC3(OC/C3=C/CC1)O2. The fraction of sp³-hybridized carbons (Fsp3) is 0.600. The number of aliphatic hydroxyl groups is 1. The molecular formula is C15H20O4. The number of ether oxygens (including phenoxy) is 3. The van der Waals surface area contributed by atoms with Gasteiger partial charge < -0.3 is 9.84 Å². The van der Waals surface area contributed by atoms with E-state index >= 15 is 0 Å². The standard InChI is InChI=1S/C15H20O4/c1-11-5-3-7-12(2)9-14(16)18-15(19-14)13(10-17-15)8-4-6-11/h5,8-9,16H,3-4,6-7,10H2,1-2H3/b11-5-,12-9-,13-8-. The van der Waals surface area contributed by atoms with Crippen LogP contribution in [-0.4, -0.2) is 23.7 Å². The van der Waals surface area contributed by atoms with E-state index < -0.39 is 11.9 Å². The van der Waals surface area contributed by atoms with Crippen LogP contribution in [0.2, 0.25) is 0 Å². The zero-order chi connectivity index (χ0) is 13.5. The monoisotopic (exact) mass is 264 g/mol. The molecular weight excluding hydrogens is 244 g/mol. The molecule has 0 atom stereocenters. The Kier molecular flexibility index (Phi) is 3.14. The molecule has 0 amide bonds. The first-order valence-electron chi connectivity index (χ1n) is 6.81. The van der Waals surface area contributed by atoms with Crippen LogP contribution in [0.4, 0.5) is 0 Å². The molecule has 4 rings (SSSR count). The number of hydrogen-bond donors (Lipinski definition) is 1. The van der Waals surface area contributed by atoms with Crippen molar-refractivity contribution >= 4 is 0 Å². The molecule has 1 spiro atoms. The molecule has 0 aliphatic carbocycles. The van der Waals surface area contributed by atoms with E-state index in [-0.39, 0.29) is 0 Å². The zero-order valence-corrected chi connectivity index (χ0v) is 11.4. The highest BCUT2D eigenvalue weighted by atomic mass is 17.1. The summed E-state index contributed by atoms with van der Waals surface area (Å²) in [5.74, 6) is -2.74. The second kappa shape index (κ2) is 4.56. The predicted octanol–water partition coefficient (Wildman–Crippen LogP) is 2.76. The number of rotatable bonds is 0. The Labute approximate surface area is 113 Å². The van der Waals surface area contributed by atoms with E-state index in [1.54, 1.807) is 6.08 Å². The van der Waals surface area contributed by atoms with Gasteiger partial charge in [-0.05, 0) is 39.5 Å². The molecule has 4 aliphatic rings. The summed E-state index contributed by atoms with van der Waals surface area (Å²) in [7, 11) is 0. The smallest absolute Gasteiger partial charge is 0.319 e. The average molecular weight is 264 g/mol. The first-order chi connectivity index (χ1) is 9.01. The van der Waals surface area contributed by atoms with E-state index in [2.05, 4.69) is 19.1 Å². The van der Waals surface area contributed by atoms with Crippen LogP contribution in [0, 0.1) is 0 Å². The highest BCUT2D eigenvalue weighted by molar-refractivity contribution is 5.23. The van der Waals surface area contributed by atoms with Crippen LogP contribution < -0.4 is 0 Å². The van der Waals surface area contributed by atoms with E-state index in [1.165, 1.54) is 5.57 Å². The summed E-state index contributed by atoms with van der Waals surface area (Å²) in [6.45, 7) is 4.64. The Bertz CT molecular complexity index is 467. The van der Waals surface area contributed by atoms with E-state index in [1.807, 2.05) is 6.92 Å². The van der Waals surface area contributed by atoms with Gasteiger partial charge in [0.25, 0.3) is 0 Å². The van der Waals surface area contributed by atoms with Crippen molar-refractivity contribution in [1.82, 2.24) is 0 Å². The van der Waals surface area contributed by atoms with Crippen molar-refractivity contribution in [2.24, 2.45) is 0 Å². The van der Waals surface area contributed by atoms with Crippen molar-refractivity contribution in [2.45, 2.75) is 51.5 Å². The summed E-state index contributed by atoms with van der Waals surface area (Å²) in [6, 6.07) is 0. The average Bonchev–Trinajstić information content (AvgIpc) is 2.29. The molecule has 4 heterocycles. The Balaban J connectivity index is 1.82. The predicted molar refractivity (Wildman–Crippen MR) is 69.9 cm³/mol. The molecule has 104 valence electrons. The molecule has 2 bridgehead atoms. The summed E-state index contributed by atoms with van der Waals surface area (Å²) < 4.78 is 16.3. The lowest BCUT2D eigenvalue weighted by atomic mass is 10.0. The largest absolute Gasteiger partial charge is 0.340 e. The van der Waals surface area contributed by atoms with Gasteiger partial charge in [-0.25, -0.2) is 0 Å². The maximum absolute atomic E-state index is 10.1. The van der Waals surface area contributed by atoms with Gasteiger partial charge in [0.15, 0.2) is 0 Å². The van der Waals surface area contributed by atoms with Crippen LogP contribution in [0.3, 0.4) is 0 Å². The summed E-state index contributed by atoms with van der Waals surface area (Å²) in [6.07, 6.45) is 9.82. The Morgan fingerprint density at radius 3 is 2.42 bits per heavy atom. The molecule has 0 aromatic heterocycles. The lowest BCUT2D eigenvalue weighted by Gasteiger charge is -2.55. The number of hydrogen-bond acceptors (Lipinski definition) is 4. The van der Waals surface area contributed by atoms with Crippen LogP contribution in [0.15, 0.2) is 34.9 Å². The Hall–Kier alpha value is -0.940. The fourth-order valence-corrected chi connectivity index (χ4v) is 2.60. The molecule has 1 N–H and O–H groups in total. The summed E-state index contributed by atoms with van der Waals surface area (Å²) in [5.41, 5.74) is 3.41. The highest BCUT2D eigenvalue weighted by Crippen LogP contribution is 2.49. The lowest BCUT2D eigenvalue weighted by molar-refractivity contribution is -0.626. The molecule has 2 saturated heterocycles. The van der Waals surface area contributed by atoms with E-state index in [0.29, 0.717) is 6.61 Å². The van der Waals surface area contributed by atoms with Gasteiger partial charge >= 0.3 is 11.9 Å². The van der Waals surface area contributed by atoms with Crippen LogP contribution in [0.25, 0.3) is 0 Å². The maximum Gasteiger partial charge on any atom is 0.319 e. The minimum atomic E-state index is -1.63. The first-order valence-corrected chi connectivity index (χ1v) is 6.81. The van der Waals surface area contributed by atoms with Crippen molar-refractivity contribution in [3.63, 3.8) is 0 Å². The molecule has 0 aromatic carbocycles. The fourth-order valence-electron chi connectivity index (χ4n) is 2.60. The van der Waals surface area contributed by atoms with Gasteiger partial charge in [0.1, 0.15) is 0 Å². The first kappa shape index (κ1) is 13.1. The topological polar surface area (TPSA) is 47.9 Å². The Morgan fingerprint density at radius 2 is 1.74 bits per heavy atom. The zero-order valence-electron chi connectivity index (χ0n) is 11.4. The molecule has 4 heteroatoms. The lowest BCUT2D eigenvalue weighted by Crippen LogP contribution is -2.69. The highest BCUT2D eigenvalue weighted by Gasteiger charge is 2.64. The van der Waals surface area contributed by atoms with Crippen LogP contribution in [0.1, 0.15) is 39.5 Å². The molecule has 2 fully saturated rings. The van der Waals surface area contributed by atoms with Crippen LogP contribution in [-0.2, 0) is 14.2 Å². The van der Waals surface area contributed by atoms with Crippen LogP contribution >= 0.6 is 0 Å². The van der Waals surface area contributed by atoms with Crippen molar-refractivity contribution in [3.05, 3.63) is 34.9 Å². The van der Waals surface area contributed by atoms with E-state index in [4.69, 9.17) is 14.2 Å². The van der Waals surface area contributed by atoms with Crippen molar-refractivity contribution in [3.8, 4) is 0 Å². The summed E-state index contributed by atoms with van der Waals surface area (Å²) in [4.78, 5) is 0. The molecule has 0 aromatic rings. The molecule has 0 unspecified atom stereocenters.